The van der Waals surface area contributed by atoms with Crippen LogP contribution in [0.3, 0.4) is 0 Å². The fraction of sp³-hybridized carbons (Fsp3) is 0.0238. The van der Waals surface area contributed by atoms with Crippen molar-refractivity contribution >= 4 is 88.8 Å². The number of benzene rings is 14. The van der Waals surface area contributed by atoms with E-state index < -0.39 is 10.8 Å². The highest BCUT2D eigenvalue weighted by molar-refractivity contribution is 6.16. The Bertz CT molecular complexity index is 4990. The van der Waals surface area contributed by atoms with E-state index in [1.165, 1.54) is 66.8 Å². The summed E-state index contributed by atoms with van der Waals surface area (Å²) in [6, 6.07) is 120. The second-order valence-electron chi connectivity index (χ2n) is 23.5. The molecule has 16 aromatic rings. The largest absolute Gasteiger partial charge is 0.456 e. The van der Waals surface area contributed by atoms with Gasteiger partial charge in [-0.05, 0) is 175 Å². The predicted octanol–water partition coefficient (Wildman–Crippen LogP) is 22.3. The minimum Gasteiger partial charge on any atom is -0.456 e. The van der Waals surface area contributed by atoms with E-state index in [1.807, 2.05) is 0 Å². The van der Waals surface area contributed by atoms with E-state index in [4.69, 9.17) is 8.83 Å². The van der Waals surface area contributed by atoms with Crippen molar-refractivity contribution in [2.45, 2.75) is 10.8 Å². The molecular weight excluding hydrogens is 1070 g/mol. The molecule has 0 fully saturated rings. The Hall–Kier alpha value is -11.5. The zero-order chi connectivity index (χ0) is 57.9. The van der Waals surface area contributed by atoms with Crippen LogP contribution in [0.25, 0.3) is 76.9 Å². The first-order valence-electron chi connectivity index (χ1n) is 30.3. The first kappa shape index (κ1) is 49.9. The summed E-state index contributed by atoms with van der Waals surface area (Å²) in [6.45, 7) is 0. The molecule has 0 saturated heterocycles. The molecule has 0 atom stereocenters. The van der Waals surface area contributed by atoms with Crippen LogP contribution >= 0.6 is 0 Å². The minimum atomic E-state index is -0.532. The van der Waals surface area contributed by atoms with Gasteiger partial charge in [0, 0.05) is 67.8 Å². The smallest absolute Gasteiger partial charge is 0.137 e. The van der Waals surface area contributed by atoms with Crippen LogP contribution in [0.15, 0.2) is 336 Å². The number of hydrogen-bond donors (Lipinski definition) is 0. The maximum atomic E-state index is 6.92. The summed E-state index contributed by atoms with van der Waals surface area (Å²) in [4.78, 5) is 4.71. The normalized spacial score (nSPS) is 13.4. The summed E-state index contributed by atoms with van der Waals surface area (Å²) in [5.74, 6) is 0. The minimum absolute atomic E-state index is 0.532. The summed E-state index contributed by atoms with van der Waals surface area (Å²) >= 11 is 0. The van der Waals surface area contributed by atoms with Crippen molar-refractivity contribution < 1.29 is 8.83 Å². The number of anilines is 6. The number of furan rings is 2. The van der Waals surface area contributed by atoms with Crippen LogP contribution in [-0.4, -0.2) is 0 Å². The van der Waals surface area contributed by atoms with Crippen molar-refractivity contribution in [3.8, 4) is 22.3 Å². The zero-order valence-electron chi connectivity index (χ0n) is 47.9. The van der Waals surface area contributed by atoms with E-state index in [0.717, 1.165) is 88.8 Å². The molecule has 0 aliphatic heterocycles. The number of fused-ring (bicyclic) bond motifs is 13. The van der Waals surface area contributed by atoms with Crippen molar-refractivity contribution in [3.05, 3.63) is 372 Å². The van der Waals surface area contributed by atoms with Crippen LogP contribution in [0, 0.1) is 0 Å². The Kier molecular flexibility index (Phi) is 11.1. The highest BCUT2D eigenvalue weighted by atomic mass is 16.3. The van der Waals surface area contributed by atoms with Crippen molar-refractivity contribution in [2.75, 3.05) is 9.80 Å². The Morgan fingerprint density at radius 1 is 0.205 bits per heavy atom. The Morgan fingerprint density at radius 3 is 0.886 bits per heavy atom. The maximum absolute atomic E-state index is 6.92. The predicted molar refractivity (Wildman–Crippen MR) is 362 cm³/mol. The van der Waals surface area contributed by atoms with Gasteiger partial charge in [0.2, 0.25) is 0 Å². The molecule has 0 radical (unpaired) electrons. The molecule has 2 aromatic heterocycles. The molecule has 0 unspecified atom stereocenters. The lowest BCUT2D eigenvalue weighted by molar-refractivity contribution is 0.668. The molecule has 2 aliphatic carbocycles. The van der Waals surface area contributed by atoms with Gasteiger partial charge in [0.1, 0.15) is 22.3 Å². The average molecular weight is 1120 g/mol. The number of hydrogen-bond acceptors (Lipinski definition) is 4. The lowest BCUT2D eigenvalue weighted by atomic mass is 9.67. The summed E-state index contributed by atoms with van der Waals surface area (Å²) in [5, 5.41) is 6.43. The van der Waals surface area contributed by atoms with Crippen LogP contribution in [-0.2, 0) is 10.8 Å². The summed E-state index contributed by atoms with van der Waals surface area (Å²) in [6.07, 6.45) is 0. The molecule has 88 heavy (non-hydrogen) atoms. The molecule has 4 heteroatoms. The van der Waals surface area contributed by atoms with E-state index in [9.17, 15) is 0 Å². The Balaban J connectivity index is 0.729. The second kappa shape index (κ2) is 19.5. The fourth-order valence-electron chi connectivity index (χ4n) is 15.3. The first-order valence-corrected chi connectivity index (χ1v) is 30.3. The molecule has 4 nitrogen and oxygen atoms in total. The molecule has 0 spiro atoms. The van der Waals surface area contributed by atoms with Gasteiger partial charge in [0.25, 0.3) is 0 Å². The first-order chi connectivity index (χ1) is 43.6. The van der Waals surface area contributed by atoms with E-state index >= 15 is 0 Å². The van der Waals surface area contributed by atoms with Crippen LogP contribution in [0.5, 0.6) is 0 Å². The van der Waals surface area contributed by atoms with Gasteiger partial charge in [-0.1, -0.05) is 218 Å². The summed E-state index contributed by atoms with van der Waals surface area (Å²) in [7, 11) is 0. The second-order valence-corrected chi connectivity index (χ2v) is 23.5. The molecule has 0 bridgehead atoms. The van der Waals surface area contributed by atoms with Crippen molar-refractivity contribution in [1.29, 1.82) is 0 Å². The summed E-state index contributed by atoms with van der Waals surface area (Å²) in [5.41, 5.74) is 23.6. The van der Waals surface area contributed by atoms with Gasteiger partial charge in [-0.3, -0.25) is 0 Å². The van der Waals surface area contributed by atoms with Crippen LogP contribution in [0.4, 0.5) is 34.1 Å². The molecule has 0 amide bonds. The Morgan fingerprint density at radius 2 is 0.500 bits per heavy atom. The molecular formula is C84H54N2O2. The van der Waals surface area contributed by atoms with E-state index in [2.05, 4.69) is 337 Å². The van der Waals surface area contributed by atoms with E-state index in [0.29, 0.717) is 0 Å². The standard InChI is InChI=1S/C84H54N2O2/c1-5-23-57(24-6-1)83(75-39-17-13-35-67(75)68-36-14-18-40-76(68)83)59-27-21-33-63(51-59)85(61-29-9-3-10-30-61)65-43-45-71-73-47-55-48-74-72-46-44-66(54-82(72)88-80(74)50-56(55)49-79(73)87-81(71)53-65)86(62-31-11-4-12-32-62)64-34-22-28-60(52-64)84(58-25-7-2-8-26-58)77-41-19-15-37-69(77)70-38-16-20-42-78(70)84/h1-54H. The highest BCUT2D eigenvalue weighted by Gasteiger charge is 2.47. The fourth-order valence-corrected chi connectivity index (χ4v) is 15.3. The maximum Gasteiger partial charge on any atom is 0.137 e. The van der Waals surface area contributed by atoms with Gasteiger partial charge in [-0.15, -0.1) is 0 Å². The lowest BCUT2D eigenvalue weighted by Crippen LogP contribution is -2.28. The molecule has 18 rings (SSSR count). The van der Waals surface area contributed by atoms with E-state index in [1.54, 1.807) is 0 Å². The molecule has 0 N–H and O–H groups in total. The lowest BCUT2D eigenvalue weighted by Gasteiger charge is -2.35. The van der Waals surface area contributed by atoms with Crippen LogP contribution < -0.4 is 9.80 Å². The SMILES string of the molecule is c1ccc(N(c2cccc(C3(c4ccccc4)c4ccccc4-c4ccccc43)c2)c2ccc3c(c2)oc2cc4cc5oc6cc(N(c7ccccc7)c7cccc(C8(c9ccccc9)c9ccccc9-c9ccccc98)c7)ccc6c5cc4cc23)cc1. The van der Waals surface area contributed by atoms with Gasteiger partial charge in [0.05, 0.1) is 10.8 Å². The van der Waals surface area contributed by atoms with Crippen molar-refractivity contribution in [1.82, 2.24) is 0 Å². The van der Waals surface area contributed by atoms with Gasteiger partial charge in [0.15, 0.2) is 0 Å². The molecule has 412 valence electrons. The third-order valence-electron chi connectivity index (χ3n) is 18.9. The molecule has 2 aliphatic rings. The van der Waals surface area contributed by atoms with Gasteiger partial charge >= 0.3 is 0 Å². The Labute approximate surface area is 509 Å². The number of para-hydroxylation sites is 2. The monoisotopic (exact) mass is 1120 g/mol. The topological polar surface area (TPSA) is 32.8 Å². The third-order valence-corrected chi connectivity index (χ3v) is 18.9. The quantitative estimate of drug-likeness (QED) is 0.137. The van der Waals surface area contributed by atoms with Gasteiger partial charge in [-0.25, -0.2) is 0 Å². The van der Waals surface area contributed by atoms with Crippen LogP contribution in [0.1, 0.15) is 44.5 Å². The third kappa shape index (κ3) is 7.33. The summed E-state index contributed by atoms with van der Waals surface area (Å²) < 4.78 is 13.8. The number of rotatable bonds is 10. The number of nitrogens with zero attached hydrogens (tertiary/aromatic N) is 2. The average Bonchev–Trinajstić information content (AvgIpc) is 2.12. The van der Waals surface area contributed by atoms with Crippen molar-refractivity contribution in [2.24, 2.45) is 0 Å². The van der Waals surface area contributed by atoms with E-state index in [-0.39, 0.29) is 0 Å². The van der Waals surface area contributed by atoms with Crippen LogP contribution in [0.2, 0.25) is 0 Å². The van der Waals surface area contributed by atoms with Crippen molar-refractivity contribution in [3.63, 3.8) is 0 Å². The van der Waals surface area contributed by atoms with Gasteiger partial charge < -0.3 is 18.6 Å². The zero-order valence-corrected chi connectivity index (χ0v) is 47.9. The highest BCUT2D eigenvalue weighted by Crippen LogP contribution is 2.59. The molecule has 2 heterocycles. The molecule has 14 aromatic carbocycles. The molecule has 0 saturated carbocycles. The van der Waals surface area contributed by atoms with Gasteiger partial charge in [-0.2, -0.15) is 0 Å².